The van der Waals surface area contributed by atoms with Gasteiger partial charge in [-0.05, 0) is 42.3 Å². The summed E-state index contributed by atoms with van der Waals surface area (Å²) in [5.41, 5.74) is 3.54. The largest absolute Gasteiger partial charge is 0.493 e. The number of anilines is 2. The molecule has 2 N–H and O–H groups in total. The summed E-state index contributed by atoms with van der Waals surface area (Å²) in [6, 6.07) is 15.3. The zero-order chi connectivity index (χ0) is 20.6. The average molecular weight is 392 g/mol. The van der Waals surface area contributed by atoms with E-state index in [9.17, 15) is 4.79 Å². The maximum Gasteiger partial charge on any atom is 0.223 e. The van der Waals surface area contributed by atoms with E-state index in [1.165, 1.54) is 6.92 Å². The van der Waals surface area contributed by atoms with Crippen LogP contribution in [0.4, 0.5) is 11.6 Å². The van der Waals surface area contributed by atoms with Crippen molar-refractivity contribution in [3.05, 3.63) is 60.3 Å². The number of carbonyl (C=O) groups excluding carboxylic acids is 1. The number of aromatic nitrogens is 2. The second-order valence-corrected chi connectivity index (χ2v) is 6.39. The second-order valence-electron chi connectivity index (χ2n) is 6.39. The normalized spacial score (nSPS) is 10.3. The lowest BCUT2D eigenvalue weighted by atomic mass is 10.1. The molecule has 0 spiro atoms. The van der Waals surface area contributed by atoms with Crippen LogP contribution in [0.5, 0.6) is 11.5 Å². The van der Waals surface area contributed by atoms with E-state index in [-0.39, 0.29) is 5.91 Å². The summed E-state index contributed by atoms with van der Waals surface area (Å²) in [7, 11) is 3.25. The van der Waals surface area contributed by atoms with E-state index < -0.39 is 0 Å². The summed E-state index contributed by atoms with van der Waals surface area (Å²) < 4.78 is 10.6. The lowest BCUT2D eigenvalue weighted by Crippen LogP contribution is -2.08. The van der Waals surface area contributed by atoms with Gasteiger partial charge >= 0.3 is 0 Å². The number of benzene rings is 2. The Balaban J connectivity index is 1.65. The van der Waals surface area contributed by atoms with E-state index in [1.807, 2.05) is 48.5 Å². The first-order valence-electron chi connectivity index (χ1n) is 9.25. The third-order valence-corrected chi connectivity index (χ3v) is 4.28. The highest BCUT2D eigenvalue weighted by Crippen LogP contribution is 2.27. The summed E-state index contributed by atoms with van der Waals surface area (Å²) in [5, 5.41) is 6.03. The van der Waals surface area contributed by atoms with Crippen molar-refractivity contribution in [3.63, 3.8) is 0 Å². The summed E-state index contributed by atoms with van der Waals surface area (Å²) >= 11 is 0. The molecular weight excluding hydrogens is 368 g/mol. The molecule has 0 aliphatic carbocycles. The topological polar surface area (TPSA) is 85.4 Å². The molecule has 0 atom stereocenters. The number of nitrogens with zero attached hydrogens (tertiary/aromatic N) is 2. The maximum atomic E-state index is 11.3. The predicted molar refractivity (Wildman–Crippen MR) is 114 cm³/mol. The maximum absolute atomic E-state index is 11.3. The van der Waals surface area contributed by atoms with Gasteiger partial charge in [-0.15, -0.1) is 0 Å². The minimum atomic E-state index is -0.109. The number of hydrogen-bond acceptors (Lipinski definition) is 6. The Hall–Kier alpha value is -3.61. The molecule has 0 unspecified atom stereocenters. The highest BCUT2D eigenvalue weighted by Gasteiger charge is 2.06. The van der Waals surface area contributed by atoms with Crippen LogP contribution in [-0.4, -0.2) is 36.6 Å². The number of methoxy groups -OCH3 is 2. The Morgan fingerprint density at radius 2 is 1.86 bits per heavy atom. The smallest absolute Gasteiger partial charge is 0.223 e. The van der Waals surface area contributed by atoms with Gasteiger partial charge in [-0.3, -0.25) is 4.79 Å². The van der Waals surface area contributed by atoms with E-state index >= 15 is 0 Å². The first-order chi connectivity index (χ1) is 14.1. The number of hydrogen-bond donors (Lipinski definition) is 2. The molecule has 0 saturated heterocycles. The van der Waals surface area contributed by atoms with E-state index in [2.05, 4.69) is 20.6 Å². The van der Waals surface area contributed by atoms with Crippen molar-refractivity contribution in [1.82, 2.24) is 9.97 Å². The van der Waals surface area contributed by atoms with Crippen LogP contribution in [0.3, 0.4) is 0 Å². The number of nitrogens with one attached hydrogen (secondary N) is 2. The van der Waals surface area contributed by atoms with Crippen LogP contribution in [-0.2, 0) is 11.2 Å². The molecule has 7 nitrogen and oxygen atoms in total. The van der Waals surface area contributed by atoms with Crippen LogP contribution >= 0.6 is 0 Å². The van der Waals surface area contributed by atoms with Gasteiger partial charge in [0.05, 0.1) is 19.9 Å². The number of ether oxygens (including phenoxy) is 2. The lowest BCUT2D eigenvalue weighted by Gasteiger charge is -2.10. The van der Waals surface area contributed by atoms with Crippen LogP contribution in [0.1, 0.15) is 12.5 Å². The lowest BCUT2D eigenvalue weighted by molar-refractivity contribution is -0.114. The highest BCUT2D eigenvalue weighted by molar-refractivity contribution is 5.89. The van der Waals surface area contributed by atoms with Crippen molar-refractivity contribution in [2.24, 2.45) is 0 Å². The van der Waals surface area contributed by atoms with Gasteiger partial charge in [-0.2, -0.15) is 0 Å². The molecule has 0 fully saturated rings. The van der Waals surface area contributed by atoms with Gasteiger partial charge in [-0.25, -0.2) is 9.97 Å². The van der Waals surface area contributed by atoms with Gasteiger partial charge in [0.2, 0.25) is 11.9 Å². The molecule has 0 radical (unpaired) electrons. The van der Waals surface area contributed by atoms with Crippen LogP contribution in [0, 0.1) is 0 Å². The van der Waals surface area contributed by atoms with Crippen LogP contribution in [0.25, 0.3) is 11.3 Å². The van der Waals surface area contributed by atoms with Crippen molar-refractivity contribution in [2.45, 2.75) is 13.3 Å². The van der Waals surface area contributed by atoms with E-state index in [1.54, 1.807) is 20.4 Å². The van der Waals surface area contributed by atoms with Gasteiger partial charge in [0.25, 0.3) is 0 Å². The zero-order valence-corrected chi connectivity index (χ0v) is 16.7. The van der Waals surface area contributed by atoms with E-state index in [0.29, 0.717) is 24.0 Å². The second kappa shape index (κ2) is 9.54. The molecule has 1 heterocycles. The molecule has 29 heavy (non-hydrogen) atoms. The Morgan fingerprint density at radius 1 is 1.03 bits per heavy atom. The fourth-order valence-corrected chi connectivity index (χ4v) is 2.92. The first-order valence-corrected chi connectivity index (χ1v) is 9.25. The summed E-state index contributed by atoms with van der Waals surface area (Å²) in [5.74, 6) is 1.86. The Labute approximate surface area is 170 Å². The summed E-state index contributed by atoms with van der Waals surface area (Å²) in [6.45, 7) is 2.16. The van der Waals surface area contributed by atoms with Gasteiger partial charge in [0, 0.05) is 30.9 Å². The van der Waals surface area contributed by atoms with E-state index in [0.717, 1.165) is 28.9 Å². The van der Waals surface area contributed by atoms with E-state index in [4.69, 9.17) is 9.47 Å². The molecule has 3 rings (SSSR count). The van der Waals surface area contributed by atoms with Crippen molar-refractivity contribution in [2.75, 3.05) is 31.4 Å². The predicted octanol–water partition coefficient (Wildman–Crippen LogP) is 3.77. The Morgan fingerprint density at radius 3 is 2.62 bits per heavy atom. The van der Waals surface area contributed by atoms with Gasteiger partial charge in [0.1, 0.15) is 0 Å². The molecule has 1 aromatic heterocycles. The molecule has 3 aromatic rings. The monoisotopic (exact) mass is 392 g/mol. The molecule has 150 valence electrons. The van der Waals surface area contributed by atoms with Crippen molar-refractivity contribution < 1.29 is 14.3 Å². The van der Waals surface area contributed by atoms with Crippen molar-refractivity contribution in [1.29, 1.82) is 0 Å². The molecule has 2 aromatic carbocycles. The molecule has 1 amide bonds. The average Bonchev–Trinajstić information content (AvgIpc) is 2.73. The van der Waals surface area contributed by atoms with Gasteiger partial charge in [-0.1, -0.05) is 18.2 Å². The molecule has 0 bridgehead atoms. The Kier molecular flexibility index (Phi) is 6.63. The fourth-order valence-electron chi connectivity index (χ4n) is 2.92. The number of rotatable bonds is 8. The molecule has 0 aliphatic heterocycles. The summed E-state index contributed by atoms with van der Waals surface area (Å²) in [6.07, 6.45) is 2.50. The van der Waals surface area contributed by atoms with Crippen molar-refractivity contribution >= 4 is 17.5 Å². The van der Waals surface area contributed by atoms with Crippen molar-refractivity contribution in [3.8, 4) is 22.8 Å². The third kappa shape index (κ3) is 5.44. The molecule has 7 heteroatoms. The van der Waals surface area contributed by atoms with Crippen LogP contribution in [0.2, 0.25) is 0 Å². The molecule has 0 saturated carbocycles. The third-order valence-electron chi connectivity index (χ3n) is 4.28. The highest BCUT2D eigenvalue weighted by atomic mass is 16.5. The zero-order valence-electron chi connectivity index (χ0n) is 16.7. The minimum absolute atomic E-state index is 0.109. The molecular formula is C22H24N4O3. The first kappa shape index (κ1) is 20.1. The minimum Gasteiger partial charge on any atom is -0.493 e. The quantitative estimate of drug-likeness (QED) is 0.607. The van der Waals surface area contributed by atoms with Gasteiger partial charge in [0.15, 0.2) is 11.5 Å². The SMILES string of the molecule is COc1ccc(CCNc2nccc(-c3cccc(NC(C)=O)c3)n2)cc1OC. The van der Waals surface area contributed by atoms with Gasteiger partial charge < -0.3 is 20.1 Å². The number of amides is 1. The Bertz CT molecular complexity index is 991. The molecule has 0 aliphatic rings. The van der Waals surface area contributed by atoms with Crippen LogP contribution < -0.4 is 20.1 Å². The van der Waals surface area contributed by atoms with Crippen LogP contribution in [0.15, 0.2) is 54.7 Å². The summed E-state index contributed by atoms with van der Waals surface area (Å²) in [4.78, 5) is 20.1. The number of carbonyl (C=O) groups is 1. The standard InChI is InChI=1S/C22H24N4O3/c1-15(27)25-18-6-4-5-17(14-18)19-10-12-24-22(26-19)23-11-9-16-7-8-20(28-2)21(13-16)29-3/h4-8,10,12-14H,9,11H2,1-3H3,(H,25,27)(H,23,24,26). The fraction of sp³-hybridized carbons (Fsp3) is 0.227.